The van der Waals surface area contributed by atoms with Crippen LogP contribution in [-0.4, -0.2) is 26.4 Å². The van der Waals surface area contributed by atoms with Gasteiger partial charge in [-0.25, -0.2) is 4.39 Å². The molecule has 1 fully saturated rings. The van der Waals surface area contributed by atoms with Crippen molar-refractivity contribution in [3.05, 3.63) is 17.9 Å². The van der Waals surface area contributed by atoms with Gasteiger partial charge >= 0.3 is 0 Å². The predicted molar refractivity (Wildman–Crippen MR) is 64.8 cm³/mol. The second-order valence-corrected chi connectivity index (χ2v) is 4.10. The zero-order chi connectivity index (χ0) is 12.3. The van der Waals surface area contributed by atoms with E-state index in [4.69, 9.17) is 15.2 Å². The van der Waals surface area contributed by atoms with Crippen molar-refractivity contribution in [2.75, 3.05) is 31.4 Å². The summed E-state index contributed by atoms with van der Waals surface area (Å²) >= 11 is 0. The Morgan fingerprint density at radius 2 is 2.12 bits per heavy atom. The average molecular weight is 240 g/mol. The molecule has 0 spiro atoms. The Bertz CT molecular complexity index is 392. The van der Waals surface area contributed by atoms with Crippen molar-refractivity contribution in [2.24, 2.45) is 0 Å². The van der Waals surface area contributed by atoms with E-state index in [1.165, 1.54) is 13.2 Å². The van der Waals surface area contributed by atoms with Gasteiger partial charge in [-0.3, -0.25) is 0 Å². The van der Waals surface area contributed by atoms with Gasteiger partial charge in [0, 0.05) is 31.4 Å². The van der Waals surface area contributed by atoms with Gasteiger partial charge in [-0.1, -0.05) is 0 Å². The van der Waals surface area contributed by atoms with Gasteiger partial charge in [0.1, 0.15) is 11.6 Å². The number of anilines is 2. The molecule has 1 aromatic rings. The van der Waals surface area contributed by atoms with Crippen molar-refractivity contribution in [2.45, 2.75) is 18.9 Å². The Balaban J connectivity index is 2.13. The number of rotatable bonds is 3. The van der Waals surface area contributed by atoms with Crippen molar-refractivity contribution in [1.29, 1.82) is 0 Å². The van der Waals surface area contributed by atoms with Gasteiger partial charge in [0.15, 0.2) is 0 Å². The van der Waals surface area contributed by atoms with Gasteiger partial charge in [-0.15, -0.1) is 0 Å². The first-order valence-corrected chi connectivity index (χ1v) is 5.68. The predicted octanol–water partition coefficient (Wildman–Crippen LogP) is 2.01. The van der Waals surface area contributed by atoms with Crippen molar-refractivity contribution in [1.82, 2.24) is 0 Å². The van der Waals surface area contributed by atoms with E-state index in [1.54, 1.807) is 6.07 Å². The van der Waals surface area contributed by atoms with Crippen LogP contribution >= 0.6 is 0 Å². The first-order chi connectivity index (χ1) is 8.20. The van der Waals surface area contributed by atoms with E-state index in [2.05, 4.69) is 5.32 Å². The number of nitrogens with two attached hydrogens (primary N) is 1. The minimum atomic E-state index is -0.352. The fraction of sp³-hybridized carbons (Fsp3) is 0.500. The molecule has 0 radical (unpaired) electrons. The Morgan fingerprint density at radius 3 is 2.76 bits per heavy atom. The molecule has 0 bridgehead atoms. The third kappa shape index (κ3) is 2.79. The van der Waals surface area contributed by atoms with Gasteiger partial charge in [-0.05, 0) is 12.8 Å². The zero-order valence-corrected chi connectivity index (χ0v) is 9.83. The Labute approximate surface area is 99.9 Å². The Morgan fingerprint density at radius 1 is 1.41 bits per heavy atom. The highest BCUT2D eigenvalue weighted by Gasteiger charge is 2.16. The third-order valence-corrected chi connectivity index (χ3v) is 2.90. The summed E-state index contributed by atoms with van der Waals surface area (Å²) in [5, 5.41) is 3.16. The second-order valence-electron chi connectivity index (χ2n) is 4.10. The number of benzene rings is 1. The van der Waals surface area contributed by atoms with Crippen LogP contribution < -0.4 is 15.8 Å². The summed E-state index contributed by atoms with van der Waals surface area (Å²) in [6.45, 7) is 1.43. The highest BCUT2D eigenvalue weighted by atomic mass is 19.1. The number of nitrogens with one attached hydrogen (secondary N) is 1. The molecule has 1 aromatic carbocycles. The zero-order valence-electron chi connectivity index (χ0n) is 9.83. The van der Waals surface area contributed by atoms with E-state index in [9.17, 15) is 4.39 Å². The summed E-state index contributed by atoms with van der Waals surface area (Å²) < 4.78 is 24.0. The normalized spacial score (nSPS) is 16.8. The van der Waals surface area contributed by atoms with Crippen LogP contribution in [-0.2, 0) is 4.74 Å². The van der Waals surface area contributed by atoms with E-state index < -0.39 is 0 Å². The molecule has 0 aliphatic carbocycles. The van der Waals surface area contributed by atoms with Crippen LogP contribution in [0, 0.1) is 5.82 Å². The van der Waals surface area contributed by atoms with Crippen LogP contribution in [0.3, 0.4) is 0 Å². The molecule has 0 saturated carbocycles. The Hall–Kier alpha value is -1.49. The largest absolute Gasteiger partial charge is 0.495 e. The summed E-state index contributed by atoms with van der Waals surface area (Å²) in [5.41, 5.74) is 6.36. The van der Waals surface area contributed by atoms with Gasteiger partial charge in [-0.2, -0.15) is 0 Å². The molecule has 0 amide bonds. The summed E-state index contributed by atoms with van der Waals surface area (Å²) in [4.78, 5) is 0. The lowest BCUT2D eigenvalue weighted by Crippen LogP contribution is -2.28. The molecule has 5 heteroatoms. The molecule has 0 aromatic heterocycles. The lowest BCUT2D eigenvalue weighted by atomic mass is 10.1. The second kappa shape index (κ2) is 5.23. The summed E-state index contributed by atoms with van der Waals surface area (Å²) in [5.74, 6) is 0.135. The molecule has 0 atom stereocenters. The van der Waals surface area contributed by atoms with Crippen molar-refractivity contribution in [3.63, 3.8) is 0 Å². The van der Waals surface area contributed by atoms with E-state index >= 15 is 0 Å². The van der Waals surface area contributed by atoms with E-state index in [-0.39, 0.29) is 11.9 Å². The number of methoxy groups -OCH3 is 1. The maximum Gasteiger partial charge on any atom is 0.148 e. The fourth-order valence-corrected chi connectivity index (χ4v) is 1.92. The highest BCUT2D eigenvalue weighted by Crippen LogP contribution is 2.29. The van der Waals surface area contributed by atoms with Gasteiger partial charge in [0.2, 0.25) is 0 Å². The topological polar surface area (TPSA) is 56.5 Å². The molecule has 17 heavy (non-hydrogen) atoms. The molecular weight excluding hydrogens is 223 g/mol. The van der Waals surface area contributed by atoms with Crippen LogP contribution in [0.5, 0.6) is 5.75 Å². The highest BCUT2D eigenvalue weighted by molar-refractivity contribution is 5.62. The smallest absolute Gasteiger partial charge is 0.148 e. The summed E-state index contributed by atoms with van der Waals surface area (Å²) in [6.07, 6.45) is 1.76. The molecule has 94 valence electrons. The lowest BCUT2D eigenvalue weighted by Gasteiger charge is -2.24. The van der Waals surface area contributed by atoms with Gasteiger partial charge in [0.05, 0.1) is 18.5 Å². The lowest BCUT2D eigenvalue weighted by molar-refractivity contribution is 0.0904. The van der Waals surface area contributed by atoms with Gasteiger partial charge in [0.25, 0.3) is 0 Å². The SMILES string of the molecule is COc1cc(NC2CCOCC2)c(F)cc1N. The average Bonchev–Trinajstić information content (AvgIpc) is 2.34. The molecular formula is C12H17FN2O2. The first kappa shape index (κ1) is 12.0. The van der Waals surface area contributed by atoms with Crippen molar-refractivity contribution in [3.8, 4) is 5.75 Å². The molecule has 4 nitrogen and oxygen atoms in total. The minimum Gasteiger partial charge on any atom is -0.495 e. The number of hydrogen-bond acceptors (Lipinski definition) is 4. The molecule has 2 rings (SSSR count). The van der Waals surface area contributed by atoms with Crippen molar-refractivity contribution < 1.29 is 13.9 Å². The summed E-state index contributed by atoms with van der Waals surface area (Å²) in [7, 11) is 1.52. The molecule has 3 N–H and O–H groups in total. The van der Waals surface area contributed by atoms with Crippen LogP contribution in [0.25, 0.3) is 0 Å². The number of nitrogen functional groups attached to an aromatic ring is 1. The number of ether oxygens (including phenoxy) is 2. The molecule has 0 unspecified atom stereocenters. The number of halogens is 1. The molecule has 1 heterocycles. The maximum atomic E-state index is 13.7. The molecule has 1 aliphatic heterocycles. The first-order valence-electron chi connectivity index (χ1n) is 5.68. The van der Waals surface area contributed by atoms with E-state index in [0.717, 1.165) is 12.8 Å². The Kier molecular flexibility index (Phi) is 3.68. The quantitative estimate of drug-likeness (QED) is 0.793. The molecule has 1 saturated heterocycles. The van der Waals surface area contributed by atoms with Crippen LogP contribution in [0.1, 0.15) is 12.8 Å². The standard InChI is InChI=1S/C12H17FN2O2/c1-16-12-7-11(9(13)6-10(12)14)15-8-2-4-17-5-3-8/h6-8,15H,2-5,14H2,1H3. The van der Waals surface area contributed by atoms with Crippen molar-refractivity contribution >= 4 is 11.4 Å². The van der Waals surface area contributed by atoms with Crippen LogP contribution in [0.4, 0.5) is 15.8 Å². The van der Waals surface area contributed by atoms with Crippen LogP contribution in [0.15, 0.2) is 12.1 Å². The van der Waals surface area contributed by atoms with Crippen LogP contribution in [0.2, 0.25) is 0 Å². The number of hydrogen-bond donors (Lipinski definition) is 2. The molecule has 1 aliphatic rings. The fourth-order valence-electron chi connectivity index (χ4n) is 1.92. The van der Waals surface area contributed by atoms with E-state index in [1.807, 2.05) is 0 Å². The third-order valence-electron chi connectivity index (χ3n) is 2.90. The minimum absolute atomic E-state index is 0.242. The summed E-state index contributed by atoms with van der Waals surface area (Å²) in [6, 6.07) is 3.12. The monoisotopic (exact) mass is 240 g/mol. The van der Waals surface area contributed by atoms with E-state index in [0.29, 0.717) is 30.3 Å². The van der Waals surface area contributed by atoms with Gasteiger partial charge < -0.3 is 20.5 Å². The maximum absolute atomic E-state index is 13.7.